The first-order valence-corrected chi connectivity index (χ1v) is 15.4. The van der Waals surface area contributed by atoms with Crippen LogP contribution >= 0.6 is 0 Å². The molecule has 42 heavy (non-hydrogen) atoms. The lowest BCUT2D eigenvalue weighted by Crippen LogP contribution is -2.52. The summed E-state index contributed by atoms with van der Waals surface area (Å²) in [5.41, 5.74) is 3.01. The standard InChI is InChI=1S/C32H41N3O6S/c1-7-19-33-32(37)28(8-2)34(21-25-13-9-23(3)10-14-25)31(36)22-35(26-15-18-29(40-5)30(20-26)41-6)42(38,39)27-16-11-24(4)12-17-27/h9-18,20,28H,7-8,19,21-22H2,1-6H3,(H,33,37)/t28-/m0/s1. The van der Waals surface area contributed by atoms with Gasteiger partial charge in [0.25, 0.3) is 10.0 Å². The van der Waals surface area contributed by atoms with Crippen molar-refractivity contribution in [3.63, 3.8) is 0 Å². The molecule has 0 saturated heterocycles. The van der Waals surface area contributed by atoms with E-state index in [0.29, 0.717) is 24.5 Å². The van der Waals surface area contributed by atoms with Gasteiger partial charge in [-0.3, -0.25) is 13.9 Å². The first-order chi connectivity index (χ1) is 20.0. The van der Waals surface area contributed by atoms with Crippen molar-refractivity contribution in [1.82, 2.24) is 10.2 Å². The molecule has 10 heteroatoms. The van der Waals surface area contributed by atoms with E-state index in [1.165, 1.54) is 37.3 Å². The highest BCUT2D eigenvalue weighted by Gasteiger charge is 2.34. The van der Waals surface area contributed by atoms with Crippen LogP contribution in [-0.2, 0) is 26.2 Å². The zero-order valence-electron chi connectivity index (χ0n) is 25.2. The Morgan fingerprint density at radius 2 is 1.45 bits per heavy atom. The fourth-order valence-electron chi connectivity index (χ4n) is 4.52. The average molecular weight is 596 g/mol. The molecule has 0 radical (unpaired) electrons. The third-order valence-electron chi connectivity index (χ3n) is 6.95. The third-order valence-corrected chi connectivity index (χ3v) is 8.74. The minimum Gasteiger partial charge on any atom is -0.493 e. The maximum atomic E-state index is 14.2. The summed E-state index contributed by atoms with van der Waals surface area (Å²) in [6.07, 6.45) is 1.10. The van der Waals surface area contributed by atoms with E-state index < -0.39 is 28.5 Å². The van der Waals surface area contributed by atoms with E-state index in [-0.39, 0.29) is 23.0 Å². The molecule has 0 aliphatic carbocycles. The zero-order valence-corrected chi connectivity index (χ0v) is 26.0. The summed E-state index contributed by atoms with van der Waals surface area (Å²) in [4.78, 5) is 28.9. The van der Waals surface area contributed by atoms with Crippen molar-refractivity contribution in [2.45, 2.75) is 58.0 Å². The summed E-state index contributed by atoms with van der Waals surface area (Å²) in [5, 5.41) is 2.89. The van der Waals surface area contributed by atoms with Gasteiger partial charge in [0.1, 0.15) is 12.6 Å². The maximum Gasteiger partial charge on any atom is 0.264 e. The molecule has 1 atom stereocenters. The van der Waals surface area contributed by atoms with Crippen molar-refractivity contribution in [2.24, 2.45) is 0 Å². The Morgan fingerprint density at radius 1 is 0.857 bits per heavy atom. The predicted octanol–water partition coefficient (Wildman–Crippen LogP) is 4.85. The fraction of sp³-hybridized carbons (Fsp3) is 0.375. The summed E-state index contributed by atoms with van der Waals surface area (Å²) in [7, 11) is -1.26. The van der Waals surface area contributed by atoms with E-state index in [1.54, 1.807) is 24.3 Å². The molecule has 0 bridgehead atoms. The van der Waals surface area contributed by atoms with E-state index in [1.807, 2.05) is 52.0 Å². The normalized spacial score (nSPS) is 11.9. The van der Waals surface area contributed by atoms with Crippen LogP contribution < -0.4 is 19.1 Å². The Bertz CT molecular complexity index is 1460. The van der Waals surface area contributed by atoms with Gasteiger partial charge in [0, 0.05) is 19.2 Å². The number of nitrogens with one attached hydrogen (secondary N) is 1. The van der Waals surface area contributed by atoms with Gasteiger partial charge in [0.15, 0.2) is 11.5 Å². The van der Waals surface area contributed by atoms with Crippen molar-refractivity contribution in [3.05, 3.63) is 83.4 Å². The molecule has 0 fully saturated rings. The topological polar surface area (TPSA) is 105 Å². The first-order valence-electron chi connectivity index (χ1n) is 14.0. The monoisotopic (exact) mass is 595 g/mol. The molecular formula is C32H41N3O6S. The Labute approximate surface area is 249 Å². The van der Waals surface area contributed by atoms with Gasteiger partial charge in [-0.05, 0) is 56.5 Å². The van der Waals surface area contributed by atoms with Crippen LogP contribution in [-0.4, -0.2) is 58.5 Å². The second-order valence-electron chi connectivity index (χ2n) is 10.1. The summed E-state index contributed by atoms with van der Waals surface area (Å²) >= 11 is 0. The summed E-state index contributed by atoms with van der Waals surface area (Å²) < 4.78 is 40.0. The highest BCUT2D eigenvalue weighted by Crippen LogP contribution is 2.34. The van der Waals surface area contributed by atoms with Crippen molar-refractivity contribution in [3.8, 4) is 11.5 Å². The number of nitrogens with zero attached hydrogens (tertiary/aromatic N) is 2. The number of carbonyl (C=O) groups excluding carboxylic acids is 2. The van der Waals surface area contributed by atoms with Gasteiger partial charge in [-0.1, -0.05) is 61.4 Å². The number of anilines is 1. The van der Waals surface area contributed by atoms with Gasteiger partial charge in [0.05, 0.1) is 24.8 Å². The second kappa shape index (κ2) is 14.7. The largest absolute Gasteiger partial charge is 0.493 e. The number of carbonyl (C=O) groups is 2. The number of amides is 2. The van der Waals surface area contributed by atoms with Gasteiger partial charge in [-0.2, -0.15) is 0 Å². The van der Waals surface area contributed by atoms with E-state index in [4.69, 9.17) is 9.47 Å². The molecule has 0 aliphatic heterocycles. The second-order valence-corrected chi connectivity index (χ2v) is 11.9. The van der Waals surface area contributed by atoms with Crippen molar-refractivity contribution in [2.75, 3.05) is 31.6 Å². The van der Waals surface area contributed by atoms with E-state index in [9.17, 15) is 18.0 Å². The van der Waals surface area contributed by atoms with Crippen LogP contribution in [0.5, 0.6) is 11.5 Å². The number of methoxy groups -OCH3 is 2. The minimum absolute atomic E-state index is 0.0356. The third kappa shape index (κ3) is 7.82. The molecule has 0 aromatic heterocycles. The van der Waals surface area contributed by atoms with Crippen LogP contribution in [0.3, 0.4) is 0 Å². The van der Waals surface area contributed by atoms with Crippen LogP contribution in [0, 0.1) is 13.8 Å². The highest BCUT2D eigenvalue weighted by atomic mass is 32.2. The molecular weight excluding hydrogens is 554 g/mol. The van der Waals surface area contributed by atoms with Crippen LogP contribution in [0.15, 0.2) is 71.6 Å². The smallest absolute Gasteiger partial charge is 0.264 e. The summed E-state index contributed by atoms with van der Waals surface area (Å²) in [6.45, 7) is 7.70. The molecule has 0 unspecified atom stereocenters. The molecule has 226 valence electrons. The molecule has 0 spiro atoms. The molecule has 1 N–H and O–H groups in total. The SMILES string of the molecule is CCCNC(=O)[C@H](CC)N(Cc1ccc(C)cc1)C(=O)CN(c1ccc(OC)c(OC)c1)S(=O)(=O)c1ccc(C)cc1. The molecule has 3 rings (SSSR count). The zero-order chi connectivity index (χ0) is 30.9. The molecule has 9 nitrogen and oxygen atoms in total. The number of ether oxygens (including phenoxy) is 2. The minimum atomic E-state index is -4.20. The van der Waals surface area contributed by atoms with Gasteiger partial charge in [0.2, 0.25) is 11.8 Å². The van der Waals surface area contributed by atoms with Crippen LogP contribution in [0.2, 0.25) is 0 Å². The molecule has 0 saturated carbocycles. The fourth-order valence-corrected chi connectivity index (χ4v) is 5.93. The average Bonchev–Trinajstić information content (AvgIpc) is 2.99. The van der Waals surface area contributed by atoms with Gasteiger partial charge in [-0.15, -0.1) is 0 Å². The Morgan fingerprint density at radius 3 is 2.00 bits per heavy atom. The van der Waals surface area contributed by atoms with Crippen LogP contribution in [0.25, 0.3) is 0 Å². The number of hydrogen-bond donors (Lipinski definition) is 1. The van der Waals surface area contributed by atoms with Gasteiger partial charge in [-0.25, -0.2) is 8.42 Å². The molecule has 2 amide bonds. The lowest BCUT2D eigenvalue weighted by atomic mass is 10.1. The number of aryl methyl sites for hydroxylation is 2. The maximum absolute atomic E-state index is 14.2. The van der Waals surface area contributed by atoms with Gasteiger partial charge >= 0.3 is 0 Å². The van der Waals surface area contributed by atoms with Crippen molar-refractivity contribution < 1.29 is 27.5 Å². The number of benzene rings is 3. The van der Waals surface area contributed by atoms with E-state index >= 15 is 0 Å². The number of hydrogen-bond acceptors (Lipinski definition) is 6. The summed E-state index contributed by atoms with van der Waals surface area (Å²) in [5.74, 6) is -0.0632. The number of rotatable bonds is 14. The lowest BCUT2D eigenvalue weighted by Gasteiger charge is -2.33. The van der Waals surface area contributed by atoms with Crippen molar-refractivity contribution >= 4 is 27.5 Å². The van der Waals surface area contributed by atoms with Crippen LogP contribution in [0.1, 0.15) is 43.4 Å². The highest BCUT2D eigenvalue weighted by molar-refractivity contribution is 7.92. The van der Waals surface area contributed by atoms with Crippen molar-refractivity contribution in [1.29, 1.82) is 0 Å². The Kier molecular flexibility index (Phi) is 11.4. The number of sulfonamides is 1. The van der Waals surface area contributed by atoms with E-state index in [0.717, 1.165) is 27.4 Å². The van der Waals surface area contributed by atoms with Crippen LogP contribution in [0.4, 0.5) is 5.69 Å². The quantitative estimate of drug-likeness (QED) is 0.286. The first kappa shape index (κ1) is 32.5. The van der Waals surface area contributed by atoms with Gasteiger partial charge < -0.3 is 19.7 Å². The molecule has 0 heterocycles. The molecule has 3 aromatic rings. The molecule has 3 aromatic carbocycles. The Hall–Kier alpha value is -4.05. The lowest BCUT2D eigenvalue weighted by molar-refractivity contribution is -0.140. The van der Waals surface area contributed by atoms with E-state index in [2.05, 4.69) is 5.32 Å². The Balaban J connectivity index is 2.10. The summed E-state index contributed by atoms with van der Waals surface area (Å²) in [6, 6.07) is 18.0. The molecule has 0 aliphatic rings. The predicted molar refractivity (Wildman–Crippen MR) is 164 cm³/mol.